The second-order valence-electron chi connectivity index (χ2n) is 4.07. The molecule has 0 bridgehead atoms. The highest BCUT2D eigenvalue weighted by molar-refractivity contribution is 5.82. The molecule has 0 amide bonds. The zero-order chi connectivity index (χ0) is 14.0. The van der Waals surface area contributed by atoms with E-state index in [0.29, 0.717) is 16.7 Å². The maximum Gasteiger partial charge on any atom is 0.433 e. The maximum atomic E-state index is 12.4. The zero-order valence-corrected chi connectivity index (χ0v) is 10.0. The summed E-state index contributed by atoms with van der Waals surface area (Å²) in [6, 6.07) is 7.37. The van der Waals surface area contributed by atoms with Crippen molar-refractivity contribution >= 4 is 6.29 Å². The number of carbonyl (C=O) groups is 1. The molecule has 1 heterocycles. The lowest BCUT2D eigenvalue weighted by Crippen LogP contribution is -2.07. The first-order valence-electron chi connectivity index (χ1n) is 5.52. The molecule has 0 aliphatic rings. The average molecular weight is 265 g/mol. The summed E-state index contributed by atoms with van der Waals surface area (Å²) in [6.07, 6.45) is -2.56. The summed E-state index contributed by atoms with van der Waals surface area (Å²) in [5.74, 6) is 0. The third kappa shape index (κ3) is 2.65. The van der Waals surface area contributed by atoms with E-state index in [1.54, 1.807) is 25.1 Å². The normalized spacial score (nSPS) is 11.4. The van der Waals surface area contributed by atoms with Crippen LogP contribution >= 0.6 is 0 Å². The molecule has 0 spiro atoms. The molecule has 2 nitrogen and oxygen atoms in total. The van der Waals surface area contributed by atoms with E-state index in [9.17, 15) is 18.0 Å². The van der Waals surface area contributed by atoms with Gasteiger partial charge in [0.05, 0.1) is 0 Å². The number of aldehydes is 1. The number of aromatic nitrogens is 1. The predicted octanol–water partition coefficient (Wildman–Crippen LogP) is 3.89. The van der Waals surface area contributed by atoms with Crippen LogP contribution in [0.25, 0.3) is 11.1 Å². The van der Waals surface area contributed by atoms with Gasteiger partial charge in [-0.05, 0) is 24.1 Å². The van der Waals surface area contributed by atoms with E-state index in [2.05, 4.69) is 4.98 Å². The number of halogens is 3. The summed E-state index contributed by atoms with van der Waals surface area (Å²) in [5.41, 5.74) is 1.55. The Hall–Kier alpha value is -2.17. The highest BCUT2D eigenvalue weighted by Crippen LogP contribution is 2.30. The molecular weight excluding hydrogens is 255 g/mol. The molecule has 2 aromatic rings. The summed E-state index contributed by atoms with van der Waals surface area (Å²) in [7, 11) is 0. The summed E-state index contributed by atoms with van der Waals surface area (Å²) >= 11 is 0. The van der Waals surface area contributed by atoms with Gasteiger partial charge < -0.3 is 0 Å². The van der Waals surface area contributed by atoms with Crippen molar-refractivity contribution in [2.45, 2.75) is 13.1 Å². The first kappa shape index (κ1) is 13.3. The van der Waals surface area contributed by atoms with E-state index in [1.807, 2.05) is 0 Å². The zero-order valence-electron chi connectivity index (χ0n) is 10.0. The van der Waals surface area contributed by atoms with Gasteiger partial charge in [-0.2, -0.15) is 13.2 Å². The van der Waals surface area contributed by atoms with Gasteiger partial charge in [0.2, 0.25) is 0 Å². The molecule has 0 atom stereocenters. The van der Waals surface area contributed by atoms with Gasteiger partial charge in [0.1, 0.15) is 12.0 Å². The standard InChI is InChI=1S/C14H10F3NO/c1-9-11(8-19)3-2-4-12(9)10-5-6-13(18-7-10)14(15,16)17/h2-8H,1H3. The fraction of sp³-hybridized carbons (Fsp3) is 0.143. The third-order valence-corrected chi connectivity index (χ3v) is 2.87. The number of hydrogen-bond donors (Lipinski definition) is 0. The largest absolute Gasteiger partial charge is 0.433 e. The van der Waals surface area contributed by atoms with Crippen LogP contribution in [0.1, 0.15) is 21.6 Å². The van der Waals surface area contributed by atoms with E-state index >= 15 is 0 Å². The molecule has 5 heteroatoms. The van der Waals surface area contributed by atoms with E-state index < -0.39 is 11.9 Å². The van der Waals surface area contributed by atoms with E-state index in [4.69, 9.17) is 0 Å². The van der Waals surface area contributed by atoms with Crippen LogP contribution in [-0.4, -0.2) is 11.3 Å². The highest BCUT2D eigenvalue weighted by Gasteiger charge is 2.32. The number of alkyl halides is 3. The van der Waals surface area contributed by atoms with Gasteiger partial charge >= 0.3 is 6.18 Å². The topological polar surface area (TPSA) is 30.0 Å². The molecule has 0 saturated carbocycles. The molecule has 0 N–H and O–H groups in total. The Morgan fingerprint density at radius 2 is 1.89 bits per heavy atom. The molecule has 0 aliphatic carbocycles. The lowest BCUT2D eigenvalue weighted by Gasteiger charge is -2.09. The highest BCUT2D eigenvalue weighted by atomic mass is 19.4. The van der Waals surface area contributed by atoms with Crippen LogP contribution < -0.4 is 0 Å². The van der Waals surface area contributed by atoms with E-state index in [1.165, 1.54) is 12.3 Å². The number of carbonyl (C=O) groups excluding carboxylic acids is 1. The van der Waals surface area contributed by atoms with Gasteiger partial charge in [-0.25, -0.2) is 0 Å². The average Bonchev–Trinajstić information content (AvgIpc) is 2.38. The minimum atomic E-state index is -4.45. The number of hydrogen-bond acceptors (Lipinski definition) is 2. The van der Waals surface area contributed by atoms with E-state index in [-0.39, 0.29) is 0 Å². The number of rotatable bonds is 2. The molecule has 98 valence electrons. The molecule has 2 rings (SSSR count). The third-order valence-electron chi connectivity index (χ3n) is 2.87. The summed E-state index contributed by atoms with van der Waals surface area (Å²) < 4.78 is 37.2. The van der Waals surface area contributed by atoms with E-state index in [0.717, 1.165) is 17.9 Å². The predicted molar refractivity (Wildman–Crippen MR) is 64.8 cm³/mol. The number of nitrogens with zero attached hydrogens (tertiary/aromatic N) is 1. The van der Waals surface area contributed by atoms with Crippen molar-refractivity contribution in [3.63, 3.8) is 0 Å². The second kappa shape index (κ2) is 4.84. The molecule has 1 aromatic heterocycles. The Kier molecular flexibility index (Phi) is 3.38. The Balaban J connectivity index is 2.46. The van der Waals surface area contributed by atoms with Crippen LogP contribution in [0.3, 0.4) is 0 Å². The quantitative estimate of drug-likeness (QED) is 0.771. The van der Waals surface area contributed by atoms with Crippen molar-refractivity contribution in [3.05, 3.63) is 53.3 Å². The summed E-state index contributed by atoms with van der Waals surface area (Å²) in [4.78, 5) is 14.2. The maximum absolute atomic E-state index is 12.4. The summed E-state index contributed by atoms with van der Waals surface area (Å²) in [6.45, 7) is 1.75. The van der Waals surface area contributed by atoms with Crippen LogP contribution in [0, 0.1) is 6.92 Å². The van der Waals surface area contributed by atoms with Crippen LogP contribution in [0.15, 0.2) is 36.5 Å². The fourth-order valence-electron chi connectivity index (χ4n) is 1.81. The molecular formula is C14H10F3NO. The number of benzene rings is 1. The van der Waals surface area contributed by atoms with Crippen LogP contribution in [0.5, 0.6) is 0 Å². The van der Waals surface area contributed by atoms with Crippen molar-refractivity contribution in [3.8, 4) is 11.1 Å². The van der Waals surface area contributed by atoms with Gasteiger partial charge in [-0.3, -0.25) is 9.78 Å². The molecule has 19 heavy (non-hydrogen) atoms. The van der Waals surface area contributed by atoms with Crippen LogP contribution in [-0.2, 0) is 6.18 Å². The fourth-order valence-corrected chi connectivity index (χ4v) is 1.81. The Morgan fingerprint density at radius 3 is 2.42 bits per heavy atom. The molecule has 0 aliphatic heterocycles. The lowest BCUT2D eigenvalue weighted by atomic mass is 9.98. The first-order chi connectivity index (χ1) is 8.93. The van der Waals surface area contributed by atoms with Crippen molar-refractivity contribution in [2.24, 2.45) is 0 Å². The minimum Gasteiger partial charge on any atom is -0.298 e. The monoisotopic (exact) mass is 265 g/mol. The lowest BCUT2D eigenvalue weighted by molar-refractivity contribution is -0.141. The molecule has 0 unspecified atom stereocenters. The molecule has 0 radical (unpaired) electrons. The Labute approximate surface area is 107 Å². The molecule has 1 aromatic carbocycles. The molecule has 0 saturated heterocycles. The van der Waals surface area contributed by atoms with Gasteiger partial charge in [0.15, 0.2) is 0 Å². The van der Waals surface area contributed by atoms with Crippen molar-refractivity contribution in [1.29, 1.82) is 0 Å². The second-order valence-corrected chi connectivity index (χ2v) is 4.07. The van der Waals surface area contributed by atoms with Gasteiger partial charge in [0.25, 0.3) is 0 Å². The summed E-state index contributed by atoms with van der Waals surface area (Å²) in [5, 5.41) is 0. The van der Waals surface area contributed by atoms with Crippen molar-refractivity contribution < 1.29 is 18.0 Å². The van der Waals surface area contributed by atoms with Crippen LogP contribution in [0.4, 0.5) is 13.2 Å². The molecule has 0 fully saturated rings. The van der Waals surface area contributed by atoms with Gasteiger partial charge in [0, 0.05) is 17.3 Å². The van der Waals surface area contributed by atoms with Crippen molar-refractivity contribution in [1.82, 2.24) is 4.98 Å². The smallest absolute Gasteiger partial charge is 0.298 e. The minimum absolute atomic E-state index is 0.511. The van der Waals surface area contributed by atoms with Gasteiger partial charge in [-0.15, -0.1) is 0 Å². The van der Waals surface area contributed by atoms with Gasteiger partial charge in [-0.1, -0.05) is 24.3 Å². The first-order valence-corrected chi connectivity index (χ1v) is 5.52. The SMILES string of the molecule is Cc1c(C=O)cccc1-c1ccc(C(F)(F)F)nc1. The number of pyridine rings is 1. The van der Waals surface area contributed by atoms with Crippen molar-refractivity contribution in [2.75, 3.05) is 0 Å². The Morgan fingerprint density at radius 1 is 1.16 bits per heavy atom. The van der Waals surface area contributed by atoms with Crippen LogP contribution in [0.2, 0.25) is 0 Å². The Bertz CT molecular complexity index is 603.